The van der Waals surface area contributed by atoms with Crippen LogP contribution in [-0.2, 0) is 13.6 Å². The molecule has 0 unspecified atom stereocenters. The third kappa shape index (κ3) is 3.26. The van der Waals surface area contributed by atoms with Crippen LogP contribution in [0.3, 0.4) is 0 Å². The van der Waals surface area contributed by atoms with Gasteiger partial charge in [0.25, 0.3) is 0 Å². The van der Waals surface area contributed by atoms with E-state index >= 15 is 0 Å². The zero-order valence-corrected chi connectivity index (χ0v) is 13.0. The first-order valence-electron chi connectivity index (χ1n) is 6.99. The van der Waals surface area contributed by atoms with Crippen molar-refractivity contribution < 1.29 is 4.74 Å². The fraction of sp³-hybridized carbons (Fsp3) is 0.353. The van der Waals surface area contributed by atoms with Gasteiger partial charge in [0.1, 0.15) is 17.5 Å². The first kappa shape index (κ1) is 15.1. The number of hydrogen-bond donors (Lipinski definition) is 1. The van der Waals surface area contributed by atoms with E-state index in [2.05, 4.69) is 30.4 Å². The van der Waals surface area contributed by atoms with Gasteiger partial charge in [0, 0.05) is 25.3 Å². The van der Waals surface area contributed by atoms with Crippen molar-refractivity contribution in [1.82, 2.24) is 9.88 Å². The van der Waals surface area contributed by atoms with Crippen LogP contribution in [0.1, 0.15) is 35.5 Å². The van der Waals surface area contributed by atoms with E-state index in [1.165, 1.54) is 5.56 Å². The van der Waals surface area contributed by atoms with Gasteiger partial charge in [-0.2, -0.15) is 5.26 Å². The first-order valence-corrected chi connectivity index (χ1v) is 6.99. The van der Waals surface area contributed by atoms with Crippen molar-refractivity contribution in [1.29, 1.82) is 5.26 Å². The molecule has 21 heavy (non-hydrogen) atoms. The smallest absolute Gasteiger partial charge is 0.120 e. The van der Waals surface area contributed by atoms with Crippen LogP contribution in [0.5, 0.6) is 5.75 Å². The van der Waals surface area contributed by atoms with Gasteiger partial charge < -0.3 is 14.6 Å². The molecule has 2 aromatic rings. The van der Waals surface area contributed by atoms with Crippen molar-refractivity contribution >= 4 is 0 Å². The van der Waals surface area contributed by atoms with E-state index in [1.807, 2.05) is 36.7 Å². The minimum atomic E-state index is 0.237. The highest BCUT2D eigenvalue weighted by molar-refractivity contribution is 5.34. The van der Waals surface area contributed by atoms with E-state index in [0.29, 0.717) is 5.69 Å². The quantitative estimate of drug-likeness (QED) is 0.917. The Hall–Kier alpha value is -2.25. The molecule has 0 aliphatic heterocycles. The Bertz CT molecular complexity index is 650. The summed E-state index contributed by atoms with van der Waals surface area (Å²) in [5, 5.41) is 12.6. The monoisotopic (exact) mass is 283 g/mol. The number of nitrogens with zero attached hydrogens (tertiary/aromatic N) is 2. The van der Waals surface area contributed by atoms with Crippen LogP contribution in [0.2, 0.25) is 0 Å². The third-order valence-electron chi connectivity index (χ3n) is 3.97. The Labute approximate surface area is 126 Å². The van der Waals surface area contributed by atoms with Crippen LogP contribution >= 0.6 is 0 Å². The lowest BCUT2D eigenvalue weighted by Gasteiger charge is -2.15. The summed E-state index contributed by atoms with van der Waals surface area (Å²) in [6.07, 6.45) is 0. The van der Waals surface area contributed by atoms with E-state index < -0.39 is 0 Å². The van der Waals surface area contributed by atoms with Crippen LogP contribution in [0.25, 0.3) is 0 Å². The fourth-order valence-corrected chi connectivity index (χ4v) is 2.32. The second kappa shape index (κ2) is 6.47. The molecule has 0 aliphatic rings. The summed E-state index contributed by atoms with van der Waals surface area (Å²) in [4.78, 5) is 0. The number of rotatable bonds is 5. The molecule has 110 valence electrons. The average molecular weight is 283 g/mol. The van der Waals surface area contributed by atoms with Gasteiger partial charge in [0.05, 0.1) is 7.11 Å². The highest BCUT2D eigenvalue weighted by Gasteiger charge is 2.10. The van der Waals surface area contributed by atoms with Crippen molar-refractivity contribution in [3.05, 3.63) is 52.8 Å². The summed E-state index contributed by atoms with van der Waals surface area (Å²) in [5.41, 5.74) is 4.20. The molecule has 0 amide bonds. The van der Waals surface area contributed by atoms with Gasteiger partial charge in [0.2, 0.25) is 0 Å². The minimum Gasteiger partial charge on any atom is -0.497 e. The molecule has 4 nitrogen and oxygen atoms in total. The minimum absolute atomic E-state index is 0.237. The first-order chi connectivity index (χ1) is 10.1. The number of methoxy groups -OCH3 is 1. The molecule has 0 spiro atoms. The van der Waals surface area contributed by atoms with E-state index in [0.717, 1.165) is 23.6 Å². The lowest BCUT2D eigenvalue weighted by molar-refractivity contribution is 0.414. The Morgan fingerprint density at radius 1 is 1.33 bits per heavy atom. The third-order valence-corrected chi connectivity index (χ3v) is 3.97. The van der Waals surface area contributed by atoms with Crippen molar-refractivity contribution in [2.24, 2.45) is 7.05 Å². The van der Waals surface area contributed by atoms with Gasteiger partial charge in [-0.3, -0.25) is 0 Å². The van der Waals surface area contributed by atoms with Crippen molar-refractivity contribution in [3.8, 4) is 11.8 Å². The molecule has 1 N–H and O–H groups in total. The highest BCUT2D eigenvalue weighted by atomic mass is 16.5. The predicted octanol–water partition coefficient (Wildman–Crippen LogP) is 3.06. The number of nitriles is 1. The normalized spacial score (nSPS) is 12.0. The highest BCUT2D eigenvalue weighted by Crippen LogP contribution is 2.19. The van der Waals surface area contributed by atoms with Gasteiger partial charge in [-0.05, 0) is 43.2 Å². The van der Waals surface area contributed by atoms with Crippen molar-refractivity contribution in [3.63, 3.8) is 0 Å². The van der Waals surface area contributed by atoms with Crippen molar-refractivity contribution in [2.75, 3.05) is 7.11 Å². The summed E-state index contributed by atoms with van der Waals surface area (Å²) in [7, 11) is 3.59. The Balaban J connectivity index is 2.03. The average Bonchev–Trinajstić information content (AvgIpc) is 2.80. The second-order valence-corrected chi connectivity index (χ2v) is 5.19. The molecule has 0 saturated carbocycles. The summed E-state index contributed by atoms with van der Waals surface area (Å²) in [6, 6.07) is 12.5. The predicted molar refractivity (Wildman–Crippen MR) is 83.1 cm³/mol. The van der Waals surface area contributed by atoms with Crippen LogP contribution in [0.4, 0.5) is 0 Å². The van der Waals surface area contributed by atoms with E-state index in [9.17, 15) is 0 Å². The maximum Gasteiger partial charge on any atom is 0.120 e. The molecular formula is C17H21N3O. The fourth-order valence-electron chi connectivity index (χ4n) is 2.32. The van der Waals surface area contributed by atoms with E-state index in [4.69, 9.17) is 10.00 Å². The van der Waals surface area contributed by atoms with Gasteiger partial charge >= 0.3 is 0 Å². The summed E-state index contributed by atoms with van der Waals surface area (Å²) in [5.74, 6) is 0.864. The van der Waals surface area contributed by atoms with E-state index in [1.54, 1.807) is 7.11 Å². The molecule has 1 heterocycles. The van der Waals surface area contributed by atoms with Gasteiger partial charge in [-0.15, -0.1) is 0 Å². The largest absolute Gasteiger partial charge is 0.497 e. The molecular weight excluding hydrogens is 262 g/mol. The lowest BCUT2D eigenvalue weighted by Crippen LogP contribution is -2.18. The van der Waals surface area contributed by atoms with Crippen LogP contribution in [0.15, 0.2) is 30.3 Å². The topological polar surface area (TPSA) is 50.0 Å². The Morgan fingerprint density at radius 2 is 2.00 bits per heavy atom. The molecule has 0 radical (unpaired) electrons. The zero-order valence-electron chi connectivity index (χ0n) is 13.0. The van der Waals surface area contributed by atoms with Gasteiger partial charge in [-0.25, -0.2) is 0 Å². The molecule has 0 bridgehead atoms. The van der Waals surface area contributed by atoms with Crippen LogP contribution in [-0.4, -0.2) is 11.7 Å². The number of ether oxygens (including phenoxy) is 1. The molecule has 1 atom stereocenters. The van der Waals surface area contributed by atoms with Gasteiger partial charge in [0.15, 0.2) is 0 Å². The Morgan fingerprint density at radius 3 is 2.52 bits per heavy atom. The molecule has 4 heteroatoms. The lowest BCUT2D eigenvalue weighted by atomic mass is 10.1. The molecule has 0 saturated heterocycles. The number of benzene rings is 1. The summed E-state index contributed by atoms with van der Waals surface area (Å²) in [6.45, 7) is 4.91. The number of aromatic nitrogens is 1. The molecule has 0 aliphatic carbocycles. The number of nitrogens with one attached hydrogen (secondary N) is 1. The zero-order chi connectivity index (χ0) is 15.4. The molecule has 1 aromatic carbocycles. The van der Waals surface area contributed by atoms with E-state index in [-0.39, 0.29) is 6.04 Å². The summed E-state index contributed by atoms with van der Waals surface area (Å²) < 4.78 is 7.09. The van der Waals surface area contributed by atoms with Crippen molar-refractivity contribution in [2.45, 2.75) is 26.4 Å². The SMILES string of the molecule is COc1ccc([C@@H](C)NCc2cc(C#N)n(C)c2C)cc1. The Kier molecular flexibility index (Phi) is 4.66. The summed E-state index contributed by atoms with van der Waals surface area (Å²) >= 11 is 0. The standard InChI is InChI=1S/C17H21N3O/c1-12(14-5-7-17(21-4)8-6-14)19-11-15-9-16(10-18)20(3)13(15)2/h5-9,12,19H,11H2,1-4H3/t12-/m1/s1. The van der Waals surface area contributed by atoms with Crippen LogP contribution < -0.4 is 10.1 Å². The van der Waals surface area contributed by atoms with Crippen LogP contribution in [0, 0.1) is 18.3 Å². The molecule has 2 rings (SSSR count). The maximum atomic E-state index is 9.06. The number of hydrogen-bond acceptors (Lipinski definition) is 3. The van der Waals surface area contributed by atoms with Gasteiger partial charge in [-0.1, -0.05) is 12.1 Å². The maximum absolute atomic E-state index is 9.06. The molecule has 0 fully saturated rings. The molecule has 1 aromatic heterocycles. The second-order valence-electron chi connectivity index (χ2n) is 5.19.